The first kappa shape index (κ1) is 17.9. The lowest BCUT2D eigenvalue weighted by Crippen LogP contribution is -2.49. The molecule has 1 atom stereocenters. The number of carbonyl (C=O) groups is 2. The molecule has 0 radical (unpaired) electrons. The minimum Gasteiger partial charge on any atom is -0.481 e. The van der Waals surface area contributed by atoms with Crippen LogP contribution in [0.25, 0.3) is 0 Å². The van der Waals surface area contributed by atoms with Crippen LogP contribution in [-0.2, 0) is 9.59 Å². The van der Waals surface area contributed by atoms with Crippen LogP contribution in [-0.4, -0.2) is 29.6 Å². The molecule has 0 heterocycles. The maximum atomic E-state index is 11.8. The van der Waals surface area contributed by atoms with E-state index in [4.69, 9.17) is 10.8 Å². The highest BCUT2D eigenvalue weighted by atomic mass is 16.4. The third-order valence-electron chi connectivity index (χ3n) is 3.33. The zero-order chi connectivity index (χ0) is 15.3. The molecule has 0 bridgehead atoms. The van der Waals surface area contributed by atoms with Gasteiger partial charge in [-0.25, -0.2) is 0 Å². The summed E-state index contributed by atoms with van der Waals surface area (Å²) in [6, 6.07) is -0.533. The first-order valence-corrected chi connectivity index (χ1v) is 6.71. The van der Waals surface area contributed by atoms with Gasteiger partial charge >= 0.3 is 5.97 Å². The summed E-state index contributed by atoms with van der Waals surface area (Å²) in [5, 5.41) is 11.5. The smallest absolute Gasteiger partial charge is 0.303 e. The number of amides is 1. The molecule has 5 nitrogen and oxygen atoms in total. The van der Waals surface area contributed by atoms with Gasteiger partial charge in [-0.3, -0.25) is 9.59 Å². The van der Waals surface area contributed by atoms with Crippen molar-refractivity contribution in [2.45, 2.75) is 59.9 Å². The van der Waals surface area contributed by atoms with Crippen molar-refractivity contribution >= 4 is 11.9 Å². The lowest BCUT2D eigenvalue weighted by atomic mass is 9.84. The number of carboxylic acids is 1. The van der Waals surface area contributed by atoms with Gasteiger partial charge in [-0.05, 0) is 23.7 Å². The van der Waals surface area contributed by atoms with Gasteiger partial charge in [0.05, 0.1) is 6.04 Å². The number of rotatable bonds is 7. The highest BCUT2D eigenvalue weighted by Gasteiger charge is 2.27. The summed E-state index contributed by atoms with van der Waals surface area (Å²) in [5.74, 6) is -0.937. The van der Waals surface area contributed by atoms with E-state index in [-0.39, 0.29) is 23.2 Å². The minimum absolute atomic E-state index is 0.0997. The third kappa shape index (κ3) is 7.82. The van der Waals surface area contributed by atoms with E-state index in [1.54, 1.807) is 0 Å². The molecular formula is C14H28N2O3. The number of carboxylic acid groups (broad SMARTS) is 1. The van der Waals surface area contributed by atoms with Crippen LogP contribution < -0.4 is 11.1 Å². The van der Waals surface area contributed by atoms with Crippen molar-refractivity contribution in [3.05, 3.63) is 0 Å². The largest absolute Gasteiger partial charge is 0.481 e. The lowest BCUT2D eigenvalue weighted by molar-refractivity contribution is -0.137. The normalized spacial score (nSPS) is 14.0. The second-order valence-electron chi connectivity index (χ2n) is 6.94. The molecule has 112 valence electrons. The summed E-state index contributed by atoms with van der Waals surface area (Å²) in [6.45, 7) is 10.3. The van der Waals surface area contributed by atoms with E-state index >= 15 is 0 Å². The van der Waals surface area contributed by atoms with E-state index in [2.05, 4.69) is 5.32 Å². The van der Waals surface area contributed by atoms with Crippen LogP contribution in [0, 0.1) is 10.8 Å². The van der Waals surface area contributed by atoms with E-state index in [1.165, 1.54) is 0 Å². The van der Waals surface area contributed by atoms with Crippen molar-refractivity contribution in [2.24, 2.45) is 16.6 Å². The molecule has 0 fully saturated rings. The van der Waals surface area contributed by atoms with E-state index in [1.807, 2.05) is 34.6 Å². The fourth-order valence-corrected chi connectivity index (χ4v) is 1.60. The fourth-order valence-electron chi connectivity index (χ4n) is 1.60. The second-order valence-corrected chi connectivity index (χ2v) is 6.94. The number of hydrogen-bond acceptors (Lipinski definition) is 3. The summed E-state index contributed by atoms with van der Waals surface area (Å²) in [4.78, 5) is 22.4. The van der Waals surface area contributed by atoms with Gasteiger partial charge in [-0.1, -0.05) is 34.6 Å². The molecule has 0 aliphatic carbocycles. The van der Waals surface area contributed by atoms with Crippen molar-refractivity contribution in [1.82, 2.24) is 5.32 Å². The topological polar surface area (TPSA) is 92.4 Å². The van der Waals surface area contributed by atoms with Crippen molar-refractivity contribution in [3.63, 3.8) is 0 Å². The molecule has 0 saturated heterocycles. The van der Waals surface area contributed by atoms with Crippen LogP contribution in [0.2, 0.25) is 0 Å². The zero-order valence-corrected chi connectivity index (χ0v) is 12.7. The maximum absolute atomic E-state index is 11.8. The Kier molecular flexibility index (Phi) is 6.49. The second kappa shape index (κ2) is 6.89. The van der Waals surface area contributed by atoms with Gasteiger partial charge in [0, 0.05) is 13.0 Å². The van der Waals surface area contributed by atoms with Gasteiger partial charge in [0.15, 0.2) is 0 Å². The van der Waals surface area contributed by atoms with Crippen LogP contribution >= 0.6 is 0 Å². The van der Waals surface area contributed by atoms with Crippen LogP contribution in [0.5, 0.6) is 0 Å². The SMILES string of the molecule is CC(C)(CCNC(=O)[C@H](N)C(C)(C)C)CCC(=O)O. The molecule has 0 aliphatic heterocycles. The number of carbonyl (C=O) groups excluding carboxylic acids is 1. The predicted molar refractivity (Wildman–Crippen MR) is 75.7 cm³/mol. The van der Waals surface area contributed by atoms with Crippen molar-refractivity contribution in [2.75, 3.05) is 6.54 Å². The van der Waals surface area contributed by atoms with Crippen molar-refractivity contribution < 1.29 is 14.7 Å². The van der Waals surface area contributed by atoms with Crippen LogP contribution in [0.1, 0.15) is 53.9 Å². The Morgan fingerprint density at radius 2 is 1.68 bits per heavy atom. The summed E-state index contributed by atoms with van der Waals surface area (Å²) in [7, 11) is 0. The Morgan fingerprint density at radius 3 is 2.11 bits per heavy atom. The molecule has 5 heteroatoms. The van der Waals surface area contributed by atoms with Gasteiger partial charge < -0.3 is 16.2 Å². The molecular weight excluding hydrogens is 244 g/mol. The molecule has 0 saturated carbocycles. The highest BCUT2D eigenvalue weighted by Crippen LogP contribution is 2.26. The molecule has 1 amide bonds. The first-order chi connectivity index (χ1) is 8.46. The molecule has 0 aromatic rings. The molecule has 0 aromatic heterocycles. The monoisotopic (exact) mass is 272 g/mol. The Morgan fingerprint density at radius 1 is 1.16 bits per heavy atom. The standard InChI is InChI=1S/C14H28N2O3/c1-13(2,3)11(15)12(19)16-9-8-14(4,5)7-6-10(17)18/h11H,6-9,15H2,1-5H3,(H,16,19)(H,17,18)/t11-/m0/s1. The van der Waals surface area contributed by atoms with E-state index in [9.17, 15) is 9.59 Å². The number of aliphatic carboxylic acids is 1. The van der Waals surface area contributed by atoms with Crippen LogP contribution in [0.3, 0.4) is 0 Å². The molecule has 0 spiro atoms. The quantitative estimate of drug-likeness (QED) is 0.658. The average Bonchev–Trinajstić information content (AvgIpc) is 2.24. The fraction of sp³-hybridized carbons (Fsp3) is 0.857. The Bertz CT molecular complexity index is 319. The summed E-state index contributed by atoms with van der Waals surface area (Å²) >= 11 is 0. The minimum atomic E-state index is -0.785. The zero-order valence-electron chi connectivity index (χ0n) is 12.7. The van der Waals surface area contributed by atoms with Crippen molar-refractivity contribution in [3.8, 4) is 0 Å². The lowest BCUT2D eigenvalue weighted by Gasteiger charge is -2.27. The van der Waals surface area contributed by atoms with E-state index < -0.39 is 12.0 Å². The van der Waals surface area contributed by atoms with Gasteiger partial charge in [0.1, 0.15) is 0 Å². The molecule has 4 N–H and O–H groups in total. The number of hydrogen-bond donors (Lipinski definition) is 3. The van der Waals surface area contributed by atoms with Crippen molar-refractivity contribution in [1.29, 1.82) is 0 Å². The highest BCUT2D eigenvalue weighted by molar-refractivity contribution is 5.82. The van der Waals surface area contributed by atoms with E-state index in [0.29, 0.717) is 13.0 Å². The van der Waals surface area contributed by atoms with Crippen LogP contribution in [0.4, 0.5) is 0 Å². The molecule has 0 unspecified atom stereocenters. The Balaban J connectivity index is 4.08. The summed E-state index contributed by atoms with van der Waals surface area (Å²) < 4.78 is 0. The van der Waals surface area contributed by atoms with Gasteiger partial charge in [0.2, 0.25) is 5.91 Å². The third-order valence-corrected chi connectivity index (χ3v) is 3.33. The Hall–Kier alpha value is -1.10. The van der Waals surface area contributed by atoms with Gasteiger partial charge in [-0.2, -0.15) is 0 Å². The first-order valence-electron chi connectivity index (χ1n) is 6.71. The average molecular weight is 272 g/mol. The molecule has 0 rings (SSSR count). The molecule has 0 aromatic carbocycles. The molecule has 19 heavy (non-hydrogen) atoms. The van der Waals surface area contributed by atoms with E-state index in [0.717, 1.165) is 6.42 Å². The van der Waals surface area contributed by atoms with Gasteiger partial charge in [-0.15, -0.1) is 0 Å². The van der Waals surface area contributed by atoms with Gasteiger partial charge in [0.25, 0.3) is 0 Å². The summed E-state index contributed by atoms with van der Waals surface area (Å²) in [6.07, 6.45) is 1.49. The predicted octanol–water partition coefficient (Wildman–Crippen LogP) is 1.76. The number of nitrogens with one attached hydrogen (secondary N) is 1. The van der Waals surface area contributed by atoms with Crippen LogP contribution in [0.15, 0.2) is 0 Å². The summed E-state index contributed by atoms with van der Waals surface area (Å²) in [5.41, 5.74) is 5.49. The molecule has 0 aliphatic rings. The number of nitrogens with two attached hydrogens (primary N) is 1. The maximum Gasteiger partial charge on any atom is 0.303 e. The Labute approximate surface area is 115 Å².